The van der Waals surface area contributed by atoms with Gasteiger partial charge in [-0.15, -0.1) is 0 Å². The van der Waals surface area contributed by atoms with Gasteiger partial charge in [-0.1, -0.05) is 12.0 Å². The highest BCUT2D eigenvalue weighted by Crippen LogP contribution is 2.36. The Kier molecular flexibility index (Phi) is 7.70. The highest BCUT2D eigenvalue weighted by molar-refractivity contribution is 7.46. The molecule has 0 spiro atoms. The first-order valence-electron chi connectivity index (χ1n) is 9.29. The number of rotatable bonds is 8. The van der Waals surface area contributed by atoms with Crippen LogP contribution in [-0.4, -0.2) is 33.1 Å². The van der Waals surface area contributed by atoms with Crippen molar-refractivity contribution in [2.24, 2.45) is 12.8 Å². The number of phosphoric ester groups is 1. The molecule has 0 aliphatic rings. The Morgan fingerprint density at radius 1 is 1.21 bits per heavy atom. The molecule has 0 aliphatic heterocycles. The number of aromatic nitrogens is 1. The summed E-state index contributed by atoms with van der Waals surface area (Å²) < 4.78 is 23.0. The van der Waals surface area contributed by atoms with Gasteiger partial charge in [0.25, 0.3) is 0 Å². The molecule has 7 nitrogen and oxygen atoms in total. The molecule has 0 saturated heterocycles. The molecule has 0 fully saturated rings. The van der Waals surface area contributed by atoms with Crippen molar-refractivity contribution in [3.63, 3.8) is 0 Å². The first-order chi connectivity index (χ1) is 13.5. The number of hydrogen-bond donors (Lipinski definition) is 3. The van der Waals surface area contributed by atoms with Gasteiger partial charge in [0.05, 0.1) is 12.3 Å². The third-order valence-electron chi connectivity index (χ3n) is 4.75. The Hall–Kier alpha value is -2.07. The largest absolute Gasteiger partial charge is 0.481 e. The molecule has 1 heterocycles. The van der Waals surface area contributed by atoms with Gasteiger partial charge in [-0.05, 0) is 74.9 Å². The Balaban J connectivity index is 1.90. The molecule has 4 N–H and O–H groups in total. The number of ether oxygens (including phenoxy) is 1. The maximum absolute atomic E-state index is 10.8. The molecule has 1 atom stereocenters. The number of nitrogens with two attached hydrogens (primary N) is 1. The van der Waals surface area contributed by atoms with Gasteiger partial charge >= 0.3 is 7.82 Å². The minimum absolute atomic E-state index is 0.218. The second kappa shape index (κ2) is 9.62. The number of nitrogens with zero attached hydrogens (tertiary/aromatic N) is 1. The van der Waals surface area contributed by atoms with Crippen molar-refractivity contribution >= 4 is 7.82 Å². The minimum Gasteiger partial charge on any atom is -0.481 e. The molecule has 0 saturated carbocycles. The van der Waals surface area contributed by atoms with Gasteiger partial charge in [0.2, 0.25) is 0 Å². The predicted molar refractivity (Wildman–Crippen MR) is 113 cm³/mol. The van der Waals surface area contributed by atoms with E-state index in [0.29, 0.717) is 19.4 Å². The Bertz CT molecular complexity index is 950. The van der Waals surface area contributed by atoms with E-state index in [0.717, 1.165) is 17.1 Å². The highest BCUT2D eigenvalue weighted by atomic mass is 31.2. The number of phosphoric acid groups is 1. The monoisotopic (exact) mass is 420 g/mol. The van der Waals surface area contributed by atoms with Crippen molar-refractivity contribution in [1.29, 1.82) is 0 Å². The minimum atomic E-state index is -4.52. The molecule has 1 aromatic heterocycles. The van der Waals surface area contributed by atoms with Crippen LogP contribution in [0.2, 0.25) is 0 Å². The molecular weight excluding hydrogens is 391 g/mol. The van der Waals surface area contributed by atoms with Crippen molar-refractivity contribution < 1.29 is 23.6 Å². The molecule has 0 radical (unpaired) electrons. The first-order valence-corrected chi connectivity index (χ1v) is 10.8. The van der Waals surface area contributed by atoms with E-state index in [2.05, 4.69) is 23.3 Å². The van der Waals surface area contributed by atoms with Crippen LogP contribution in [0.25, 0.3) is 0 Å². The molecular formula is C21H29N2O5P. The van der Waals surface area contributed by atoms with Crippen LogP contribution < -0.4 is 10.5 Å². The van der Waals surface area contributed by atoms with Gasteiger partial charge in [0.15, 0.2) is 0 Å². The van der Waals surface area contributed by atoms with Crippen molar-refractivity contribution in [2.45, 2.75) is 39.2 Å². The van der Waals surface area contributed by atoms with Gasteiger partial charge < -0.3 is 24.8 Å². The molecule has 0 amide bonds. The zero-order valence-electron chi connectivity index (χ0n) is 17.3. The molecule has 1 unspecified atom stereocenters. The summed E-state index contributed by atoms with van der Waals surface area (Å²) in [6.45, 7) is 5.89. The van der Waals surface area contributed by atoms with E-state index < -0.39 is 13.4 Å². The maximum Gasteiger partial charge on any atom is 0.469 e. The lowest BCUT2D eigenvalue weighted by Gasteiger charge is -2.24. The first kappa shape index (κ1) is 23.2. The molecule has 2 rings (SSSR count). The average Bonchev–Trinajstić information content (AvgIpc) is 2.98. The van der Waals surface area contributed by atoms with Crippen molar-refractivity contribution in [3.8, 4) is 17.6 Å². The van der Waals surface area contributed by atoms with Gasteiger partial charge in [0.1, 0.15) is 12.4 Å². The third-order valence-corrected chi connectivity index (χ3v) is 5.21. The molecule has 0 bridgehead atoms. The van der Waals surface area contributed by atoms with Crippen LogP contribution in [0.3, 0.4) is 0 Å². The Morgan fingerprint density at radius 3 is 2.59 bits per heavy atom. The normalized spacial score (nSPS) is 13.5. The molecule has 8 heteroatoms. The van der Waals surface area contributed by atoms with Crippen LogP contribution in [0.1, 0.15) is 35.9 Å². The van der Waals surface area contributed by atoms with E-state index >= 15 is 0 Å². The Morgan fingerprint density at radius 2 is 1.93 bits per heavy atom. The van der Waals surface area contributed by atoms with Crippen molar-refractivity contribution in [2.75, 3.05) is 13.2 Å². The number of benzene rings is 1. The average molecular weight is 420 g/mol. The molecule has 29 heavy (non-hydrogen) atoms. The smallest absolute Gasteiger partial charge is 0.469 e. The summed E-state index contributed by atoms with van der Waals surface area (Å²) in [5, 5.41) is 0. The zero-order valence-corrected chi connectivity index (χ0v) is 18.2. The van der Waals surface area contributed by atoms with Crippen molar-refractivity contribution in [3.05, 3.63) is 52.8 Å². The van der Waals surface area contributed by atoms with Crippen LogP contribution >= 0.6 is 7.82 Å². The van der Waals surface area contributed by atoms with Crippen LogP contribution in [0.5, 0.6) is 5.75 Å². The molecule has 0 aliphatic carbocycles. The van der Waals surface area contributed by atoms with Crippen LogP contribution in [0.4, 0.5) is 0 Å². The number of hydrogen-bond acceptors (Lipinski definition) is 4. The number of aryl methyl sites for hydroxylation is 3. The summed E-state index contributed by atoms with van der Waals surface area (Å²) >= 11 is 0. The topological polar surface area (TPSA) is 107 Å². The van der Waals surface area contributed by atoms with E-state index in [1.54, 1.807) is 6.92 Å². The Labute approximate surface area is 172 Å². The summed E-state index contributed by atoms with van der Waals surface area (Å²) in [6.07, 6.45) is 1.14. The van der Waals surface area contributed by atoms with Crippen LogP contribution in [0, 0.1) is 25.7 Å². The van der Waals surface area contributed by atoms with Crippen LogP contribution in [0.15, 0.2) is 30.3 Å². The van der Waals surface area contributed by atoms with E-state index in [4.69, 9.17) is 20.3 Å². The summed E-state index contributed by atoms with van der Waals surface area (Å²) in [6, 6.07) is 9.85. The van der Waals surface area contributed by atoms with Crippen molar-refractivity contribution in [1.82, 2.24) is 4.57 Å². The SMILES string of the molecule is Cc1ccc(OCC#Cc2ccc(CCC(C)(N)COP(=O)(O)O)n2C)cc1C. The van der Waals surface area contributed by atoms with E-state index in [9.17, 15) is 4.57 Å². The fourth-order valence-corrected chi connectivity index (χ4v) is 3.16. The summed E-state index contributed by atoms with van der Waals surface area (Å²) in [5.74, 6) is 6.92. The summed E-state index contributed by atoms with van der Waals surface area (Å²) in [4.78, 5) is 17.6. The van der Waals surface area contributed by atoms with Gasteiger partial charge in [-0.25, -0.2) is 4.57 Å². The fourth-order valence-electron chi connectivity index (χ4n) is 2.70. The zero-order chi connectivity index (χ0) is 21.7. The highest BCUT2D eigenvalue weighted by Gasteiger charge is 2.24. The van der Waals surface area contributed by atoms with Gasteiger partial charge in [-0.3, -0.25) is 4.52 Å². The summed E-state index contributed by atoms with van der Waals surface area (Å²) in [7, 11) is -2.60. The predicted octanol–water partition coefficient (Wildman–Crippen LogP) is 2.83. The summed E-state index contributed by atoms with van der Waals surface area (Å²) in [5.41, 5.74) is 9.52. The lowest BCUT2D eigenvalue weighted by molar-refractivity contribution is 0.154. The van der Waals surface area contributed by atoms with Gasteiger partial charge in [0, 0.05) is 18.3 Å². The molecule has 2 aromatic rings. The quantitative estimate of drug-likeness (QED) is 0.448. The molecule has 158 valence electrons. The van der Waals surface area contributed by atoms with E-state index in [-0.39, 0.29) is 6.61 Å². The van der Waals surface area contributed by atoms with Crippen LogP contribution in [-0.2, 0) is 22.6 Å². The van der Waals surface area contributed by atoms with Gasteiger partial charge in [-0.2, -0.15) is 0 Å². The fraction of sp³-hybridized carbons (Fsp3) is 0.429. The third kappa shape index (κ3) is 7.69. The van der Waals surface area contributed by atoms with E-state index in [1.165, 1.54) is 11.1 Å². The second-order valence-electron chi connectivity index (χ2n) is 7.52. The van der Waals surface area contributed by atoms with E-state index in [1.807, 2.05) is 48.9 Å². The lowest BCUT2D eigenvalue weighted by Crippen LogP contribution is -2.41. The lowest BCUT2D eigenvalue weighted by atomic mass is 9.97. The maximum atomic E-state index is 10.8. The standard InChI is InChI=1S/C21H29N2O5P/c1-16-7-10-20(14-17(16)2)27-13-5-6-18-8-9-19(23(18)4)11-12-21(3,22)15-28-29(24,25)26/h7-10,14H,11-13,15,22H2,1-4H3,(H2,24,25,26). The second-order valence-corrected chi connectivity index (χ2v) is 8.76. The molecule has 1 aromatic carbocycles.